The van der Waals surface area contributed by atoms with Crippen molar-refractivity contribution in [2.24, 2.45) is 5.73 Å². The molecule has 4 N–H and O–H groups in total. The van der Waals surface area contributed by atoms with E-state index in [1.54, 1.807) is 20.9 Å². The molecular weight excluding hydrogens is 732 g/mol. The second-order valence-electron chi connectivity index (χ2n) is 12.5. The van der Waals surface area contributed by atoms with E-state index in [1.807, 2.05) is 36.5 Å². The van der Waals surface area contributed by atoms with Gasteiger partial charge in [-0.25, -0.2) is 19.3 Å². The average Bonchev–Trinajstić information content (AvgIpc) is 3.96. The van der Waals surface area contributed by atoms with Crippen molar-refractivity contribution < 1.29 is 32.6 Å². The summed E-state index contributed by atoms with van der Waals surface area (Å²) in [4.78, 5) is 29.2. The highest BCUT2D eigenvalue weighted by Crippen LogP contribution is 2.43. The molecule has 3 heterocycles. The minimum absolute atomic E-state index is 0.0623. The van der Waals surface area contributed by atoms with E-state index >= 15 is 0 Å². The number of carbonyl (C=O) groups excluding carboxylic acids is 1. The van der Waals surface area contributed by atoms with Gasteiger partial charge in [-0.1, -0.05) is 90.1 Å². The first kappa shape index (κ1) is 38.7. The molecule has 0 atom stereocenters. The zero-order chi connectivity index (χ0) is 38.8. The van der Waals surface area contributed by atoms with Crippen molar-refractivity contribution in [3.8, 4) is 54.8 Å². The van der Waals surface area contributed by atoms with Crippen LogP contribution in [0.1, 0.15) is 18.5 Å². The third-order valence-electron chi connectivity index (χ3n) is 8.62. The van der Waals surface area contributed by atoms with Crippen molar-refractivity contribution in [3.05, 3.63) is 115 Å². The van der Waals surface area contributed by atoms with Gasteiger partial charge in [-0.05, 0) is 54.6 Å². The summed E-state index contributed by atoms with van der Waals surface area (Å²) >= 11 is 1.64. The van der Waals surface area contributed by atoms with Crippen molar-refractivity contribution in [2.75, 3.05) is 32.8 Å². The van der Waals surface area contributed by atoms with Crippen LogP contribution >= 0.6 is 11.3 Å². The predicted molar refractivity (Wildman–Crippen MR) is 205 cm³/mol. The zero-order valence-electron chi connectivity index (χ0n) is 29.6. The van der Waals surface area contributed by atoms with Crippen LogP contribution in [0.2, 0.25) is 0 Å². The normalized spacial score (nSPS) is 12.6. The molecule has 1 aliphatic rings. The van der Waals surface area contributed by atoms with Crippen LogP contribution in [0, 0.1) is 0 Å². The molecule has 7 rings (SSSR count). The number of nitrogens with zero attached hydrogens (tertiary/aromatic N) is 5. The minimum atomic E-state index is -5.08. The Balaban J connectivity index is 0.000000672. The SMILES string of the molecule is NCCCCc1cn(-c2ccc(-c3nc(-c4ccc(-c5ccccc5)cc4)c(-c4ccccc4)s3)c(OCCN3CCNC3=O)c2)nn1.O=C(O)C(F)(F)F. The Kier molecular flexibility index (Phi) is 12.5. The van der Waals surface area contributed by atoms with Crippen molar-refractivity contribution in [3.63, 3.8) is 0 Å². The molecule has 0 aliphatic carbocycles. The molecule has 0 saturated carbocycles. The second kappa shape index (κ2) is 17.8. The molecule has 55 heavy (non-hydrogen) atoms. The van der Waals surface area contributed by atoms with E-state index in [-0.39, 0.29) is 6.03 Å². The Morgan fingerprint density at radius 3 is 2.20 bits per heavy atom. The van der Waals surface area contributed by atoms with Crippen molar-refractivity contribution >= 4 is 23.3 Å². The first-order valence-corrected chi connectivity index (χ1v) is 18.4. The number of urea groups is 1. The first-order valence-electron chi connectivity index (χ1n) is 17.5. The molecule has 4 aromatic carbocycles. The third-order valence-corrected chi connectivity index (χ3v) is 9.76. The van der Waals surface area contributed by atoms with Crippen LogP contribution in [0.25, 0.3) is 49.1 Å². The summed E-state index contributed by atoms with van der Waals surface area (Å²) in [6, 6.07) is 35.3. The van der Waals surface area contributed by atoms with Gasteiger partial charge in [0.05, 0.1) is 40.3 Å². The Labute approximate surface area is 319 Å². The number of nitrogens with one attached hydrogen (secondary N) is 1. The van der Waals surface area contributed by atoms with Gasteiger partial charge < -0.3 is 25.8 Å². The highest BCUT2D eigenvalue weighted by atomic mass is 32.1. The van der Waals surface area contributed by atoms with Crippen LogP contribution in [0.3, 0.4) is 0 Å². The molecule has 284 valence electrons. The molecule has 1 saturated heterocycles. The summed E-state index contributed by atoms with van der Waals surface area (Å²) in [5.74, 6) is -2.08. The molecule has 0 bridgehead atoms. The Morgan fingerprint density at radius 2 is 1.56 bits per heavy atom. The molecule has 6 aromatic rings. The monoisotopic (exact) mass is 769 g/mol. The number of carboxylic acids is 1. The van der Waals surface area contributed by atoms with Gasteiger partial charge in [0.2, 0.25) is 0 Å². The van der Waals surface area contributed by atoms with E-state index in [0.717, 1.165) is 68.5 Å². The number of thiazole rings is 1. The Hall–Kier alpha value is -6.06. The predicted octanol–water partition coefficient (Wildman–Crippen LogP) is 7.71. The number of aliphatic carboxylic acids is 1. The van der Waals surface area contributed by atoms with E-state index in [4.69, 9.17) is 25.4 Å². The van der Waals surface area contributed by atoms with E-state index in [1.165, 1.54) is 5.56 Å². The maximum absolute atomic E-state index is 12.2. The van der Waals surface area contributed by atoms with Crippen molar-refractivity contribution in [1.29, 1.82) is 0 Å². The number of ether oxygens (including phenoxy) is 1. The molecule has 0 spiro atoms. The number of halogens is 3. The lowest BCUT2D eigenvalue weighted by atomic mass is 10.0. The summed E-state index contributed by atoms with van der Waals surface area (Å²) in [5.41, 5.74) is 13.7. The van der Waals surface area contributed by atoms with E-state index in [2.05, 4.69) is 88.4 Å². The van der Waals surface area contributed by atoms with Crippen LogP contribution in [0.5, 0.6) is 5.75 Å². The number of hydrogen-bond acceptors (Lipinski definition) is 8. The molecule has 1 fully saturated rings. The molecule has 0 radical (unpaired) electrons. The van der Waals surface area contributed by atoms with Gasteiger partial charge >= 0.3 is 18.2 Å². The summed E-state index contributed by atoms with van der Waals surface area (Å²) in [5, 5.41) is 19.6. The number of alkyl halides is 3. The largest absolute Gasteiger partial charge is 0.491 e. The molecule has 1 aliphatic heterocycles. The molecule has 0 unspecified atom stereocenters. The fraction of sp³-hybridized carbons (Fsp3) is 0.225. The lowest BCUT2D eigenvalue weighted by Crippen LogP contribution is -2.31. The maximum atomic E-state index is 12.2. The van der Waals surface area contributed by atoms with Gasteiger partial charge in [0.15, 0.2) is 0 Å². The molecule has 11 nitrogen and oxygen atoms in total. The number of aromatic nitrogens is 4. The Morgan fingerprint density at radius 1 is 0.909 bits per heavy atom. The quantitative estimate of drug-likeness (QED) is 0.101. The molecule has 15 heteroatoms. The number of hydrogen-bond donors (Lipinski definition) is 3. The van der Waals surface area contributed by atoms with Gasteiger partial charge in [0.1, 0.15) is 17.4 Å². The third kappa shape index (κ3) is 9.93. The van der Waals surface area contributed by atoms with E-state index in [0.29, 0.717) is 38.5 Å². The van der Waals surface area contributed by atoms with Gasteiger partial charge in [-0.15, -0.1) is 16.4 Å². The number of rotatable bonds is 13. The van der Waals surface area contributed by atoms with E-state index < -0.39 is 12.1 Å². The standard InChI is InChI=1S/C38H37N7O2S.C2HF3O2/c39-20-8-7-13-31-26-45(43-42-31)32-18-19-33(34(25-32)47-24-23-44-22-21-40-38(44)46)37-41-35(36(48-37)30-11-5-2-6-12-30)29-16-14-28(15-17-29)27-9-3-1-4-10-27;3-2(4,5)1(6)7/h1-6,9-12,14-19,25-26H,7-8,13,20-24,39H2,(H,40,46);(H,6,7). The Bertz CT molecular complexity index is 2190. The first-order chi connectivity index (χ1) is 26.6. The second-order valence-corrected chi connectivity index (χ2v) is 13.5. The number of aryl methyl sites for hydroxylation is 1. The lowest BCUT2D eigenvalue weighted by molar-refractivity contribution is -0.192. The molecule has 2 aromatic heterocycles. The van der Waals surface area contributed by atoms with Gasteiger partial charge in [0.25, 0.3) is 0 Å². The zero-order valence-corrected chi connectivity index (χ0v) is 30.4. The smallest absolute Gasteiger partial charge is 0.490 e. The molecule has 2 amide bonds. The summed E-state index contributed by atoms with van der Waals surface area (Å²) in [6.07, 6.45) is -0.380. The van der Waals surface area contributed by atoms with Gasteiger partial charge in [-0.3, -0.25) is 0 Å². The highest BCUT2D eigenvalue weighted by Gasteiger charge is 2.38. The number of carboxylic acid groups (broad SMARTS) is 1. The van der Waals surface area contributed by atoms with Gasteiger partial charge in [-0.2, -0.15) is 13.2 Å². The number of unbranched alkanes of at least 4 members (excludes halogenated alkanes) is 1. The van der Waals surface area contributed by atoms with Crippen LogP contribution in [-0.4, -0.2) is 80.9 Å². The van der Waals surface area contributed by atoms with Crippen molar-refractivity contribution in [1.82, 2.24) is 30.2 Å². The fourth-order valence-electron chi connectivity index (χ4n) is 5.80. The van der Waals surface area contributed by atoms with Crippen LogP contribution < -0.4 is 15.8 Å². The summed E-state index contributed by atoms with van der Waals surface area (Å²) in [7, 11) is 0. The van der Waals surface area contributed by atoms with Crippen LogP contribution in [-0.2, 0) is 11.2 Å². The van der Waals surface area contributed by atoms with Crippen molar-refractivity contribution in [2.45, 2.75) is 25.4 Å². The number of nitrogens with two attached hydrogens (primary N) is 1. The highest BCUT2D eigenvalue weighted by molar-refractivity contribution is 7.19. The lowest BCUT2D eigenvalue weighted by Gasteiger charge is -2.16. The fourth-order valence-corrected chi connectivity index (χ4v) is 6.92. The molecular formula is C40H38F3N7O4S. The van der Waals surface area contributed by atoms with E-state index in [9.17, 15) is 18.0 Å². The van der Waals surface area contributed by atoms with Gasteiger partial charge in [0, 0.05) is 24.7 Å². The topological polar surface area (TPSA) is 148 Å². The maximum Gasteiger partial charge on any atom is 0.490 e. The number of amides is 2. The summed E-state index contributed by atoms with van der Waals surface area (Å²) < 4.78 is 40.0. The number of benzene rings is 4. The average molecular weight is 770 g/mol. The van der Waals surface area contributed by atoms with Crippen LogP contribution in [0.15, 0.2) is 109 Å². The summed E-state index contributed by atoms with van der Waals surface area (Å²) in [6.45, 7) is 2.81. The number of carbonyl (C=O) groups is 2. The van der Waals surface area contributed by atoms with Crippen LogP contribution in [0.4, 0.5) is 18.0 Å². The minimum Gasteiger partial charge on any atom is -0.491 e.